The van der Waals surface area contributed by atoms with Crippen LogP contribution in [-0.2, 0) is 19.4 Å². The van der Waals surface area contributed by atoms with Crippen molar-refractivity contribution in [3.8, 4) is 17.2 Å². The molecule has 5 rings (SSSR count). The molecule has 0 fully saturated rings. The number of carbonyl (C=O) groups is 1. The van der Waals surface area contributed by atoms with Crippen LogP contribution in [0.5, 0.6) is 11.5 Å². The number of para-hydroxylation sites is 1. The van der Waals surface area contributed by atoms with Gasteiger partial charge in [-0.2, -0.15) is 5.10 Å². The summed E-state index contributed by atoms with van der Waals surface area (Å²) in [6.07, 6.45) is 2.89. The van der Waals surface area contributed by atoms with Gasteiger partial charge in [0.1, 0.15) is 12.4 Å². The van der Waals surface area contributed by atoms with Gasteiger partial charge in [0.25, 0.3) is 5.91 Å². The number of carbonyl (C=O) groups excluding carboxylic acids is 1. The summed E-state index contributed by atoms with van der Waals surface area (Å²) in [5.41, 5.74) is 6.17. The Labute approximate surface area is 189 Å². The number of thiazole rings is 1. The van der Waals surface area contributed by atoms with E-state index in [9.17, 15) is 4.79 Å². The molecule has 7 nitrogen and oxygen atoms in total. The lowest BCUT2D eigenvalue weighted by Crippen LogP contribution is -2.16. The molecule has 8 heteroatoms. The summed E-state index contributed by atoms with van der Waals surface area (Å²) in [4.78, 5) is 17.4. The van der Waals surface area contributed by atoms with Crippen molar-refractivity contribution in [3.63, 3.8) is 0 Å². The van der Waals surface area contributed by atoms with Crippen molar-refractivity contribution in [1.82, 2.24) is 14.8 Å². The number of benzene rings is 2. The van der Waals surface area contributed by atoms with Crippen LogP contribution in [0.2, 0.25) is 0 Å². The minimum atomic E-state index is -0.221. The van der Waals surface area contributed by atoms with Crippen molar-refractivity contribution in [2.45, 2.75) is 25.9 Å². The average Bonchev–Trinajstić information content (AvgIpc) is 3.57. The Bertz CT molecular complexity index is 1240. The van der Waals surface area contributed by atoms with Crippen LogP contribution in [0.25, 0.3) is 5.69 Å². The third-order valence-electron chi connectivity index (χ3n) is 5.42. The minimum absolute atomic E-state index is 0.221. The maximum absolute atomic E-state index is 13.2. The van der Waals surface area contributed by atoms with E-state index in [1.807, 2.05) is 40.4 Å². The number of aromatic nitrogens is 3. The maximum atomic E-state index is 13.2. The second-order valence-corrected chi connectivity index (χ2v) is 8.18. The number of hydrogen-bond donors (Lipinski definition) is 1. The van der Waals surface area contributed by atoms with Crippen LogP contribution >= 0.6 is 11.3 Å². The van der Waals surface area contributed by atoms with Crippen LogP contribution in [0.1, 0.15) is 33.7 Å². The van der Waals surface area contributed by atoms with Gasteiger partial charge < -0.3 is 14.8 Å². The summed E-state index contributed by atoms with van der Waals surface area (Å²) in [6, 6.07) is 15.0. The fourth-order valence-corrected chi connectivity index (χ4v) is 4.39. The zero-order valence-electron chi connectivity index (χ0n) is 17.6. The first-order valence-electron chi connectivity index (χ1n) is 10.4. The molecule has 0 spiro atoms. The zero-order valence-corrected chi connectivity index (χ0v) is 18.4. The Hall–Kier alpha value is -3.65. The van der Waals surface area contributed by atoms with Gasteiger partial charge in [0.05, 0.1) is 29.7 Å². The van der Waals surface area contributed by atoms with Gasteiger partial charge in [-0.25, -0.2) is 9.67 Å². The Kier molecular flexibility index (Phi) is 5.60. The van der Waals surface area contributed by atoms with Gasteiger partial charge in [0.2, 0.25) is 0 Å². The van der Waals surface area contributed by atoms with E-state index in [4.69, 9.17) is 14.6 Å². The van der Waals surface area contributed by atoms with Gasteiger partial charge in [0.15, 0.2) is 11.5 Å². The van der Waals surface area contributed by atoms with Gasteiger partial charge in [-0.3, -0.25) is 4.79 Å². The molecule has 0 atom stereocenters. The van der Waals surface area contributed by atoms with Crippen molar-refractivity contribution in [2.75, 3.05) is 12.4 Å². The maximum Gasteiger partial charge on any atom is 0.256 e. The lowest BCUT2D eigenvalue weighted by Gasteiger charge is -2.13. The SMILES string of the molecule is COc1cc(C(=O)Nc2c3c(nn2-c2ccccc2)CCC3)ccc1OCc1cscn1. The number of ether oxygens (including phenoxy) is 2. The monoisotopic (exact) mass is 446 g/mol. The minimum Gasteiger partial charge on any atom is -0.493 e. The molecule has 0 saturated heterocycles. The highest BCUT2D eigenvalue weighted by Gasteiger charge is 2.25. The average molecular weight is 447 g/mol. The lowest BCUT2D eigenvalue weighted by atomic mass is 10.1. The fraction of sp³-hybridized carbons (Fsp3) is 0.208. The van der Waals surface area contributed by atoms with E-state index in [0.29, 0.717) is 23.7 Å². The van der Waals surface area contributed by atoms with Gasteiger partial charge >= 0.3 is 0 Å². The molecule has 0 radical (unpaired) electrons. The number of amides is 1. The molecule has 0 unspecified atom stereocenters. The third kappa shape index (κ3) is 3.97. The van der Waals surface area contributed by atoms with Crippen molar-refractivity contribution in [2.24, 2.45) is 0 Å². The highest BCUT2D eigenvalue weighted by Crippen LogP contribution is 2.32. The highest BCUT2D eigenvalue weighted by atomic mass is 32.1. The fourth-order valence-electron chi connectivity index (χ4n) is 3.84. The summed E-state index contributed by atoms with van der Waals surface area (Å²) in [5.74, 6) is 1.57. The first kappa shape index (κ1) is 20.3. The Morgan fingerprint density at radius 3 is 2.81 bits per heavy atom. The number of rotatable bonds is 7. The number of hydrogen-bond acceptors (Lipinski definition) is 6. The molecule has 1 amide bonds. The van der Waals surface area contributed by atoms with Gasteiger partial charge in [-0.1, -0.05) is 18.2 Å². The molecule has 162 valence electrons. The molecule has 2 aromatic heterocycles. The van der Waals surface area contributed by atoms with Crippen molar-refractivity contribution >= 4 is 23.1 Å². The quantitative estimate of drug-likeness (QED) is 0.447. The standard InChI is InChI=1S/C24H22N4O3S/c1-30-22-12-16(10-11-21(22)31-13-17-14-32-15-25-17)24(29)26-23-19-8-5-9-20(19)27-28(23)18-6-3-2-4-7-18/h2-4,6-7,10-12,14-15H,5,8-9,13H2,1H3,(H,26,29). The van der Waals surface area contributed by atoms with Crippen LogP contribution in [0.15, 0.2) is 59.4 Å². The first-order chi connectivity index (χ1) is 15.7. The molecule has 0 saturated carbocycles. The van der Waals surface area contributed by atoms with Crippen molar-refractivity contribution < 1.29 is 14.3 Å². The smallest absolute Gasteiger partial charge is 0.256 e. The van der Waals surface area contributed by atoms with Crippen LogP contribution < -0.4 is 14.8 Å². The van der Waals surface area contributed by atoms with E-state index in [1.165, 1.54) is 11.3 Å². The summed E-state index contributed by atoms with van der Waals surface area (Å²) in [5, 5.41) is 9.78. The number of nitrogens with zero attached hydrogens (tertiary/aromatic N) is 3. The number of methoxy groups -OCH3 is 1. The Morgan fingerprint density at radius 1 is 1.16 bits per heavy atom. The molecule has 0 bridgehead atoms. The Balaban J connectivity index is 1.39. The van der Waals surface area contributed by atoms with Crippen molar-refractivity contribution in [1.29, 1.82) is 0 Å². The predicted molar refractivity (Wildman–Crippen MR) is 123 cm³/mol. The van der Waals surface area contributed by atoms with Gasteiger partial charge in [0, 0.05) is 16.5 Å². The number of aryl methyl sites for hydroxylation is 1. The normalized spacial score (nSPS) is 12.4. The van der Waals surface area contributed by atoms with E-state index in [1.54, 1.807) is 30.8 Å². The number of fused-ring (bicyclic) bond motifs is 1. The van der Waals surface area contributed by atoms with E-state index < -0.39 is 0 Å². The lowest BCUT2D eigenvalue weighted by molar-refractivity contribution is 0.102. The molecular formula is C24H22N4O3S. The molecule has 4 aromatic rings. The van der Waals surface area contributed by atoms with E-state index >= 15 is 0 Å². The van der Waals surface area contributed by atoms with E-state index in [2.05, 4.69) is 10.3 Å². The molecule has 1 aliphatic carbocycles. The van der Waals surface area contributed by atoms with Gasteiger partial charge in [-0.15, -0.1) is 11.3 Å². The Morgan fingerprint density at radius 2 is 2.03 bits per heavy atom. The molecule has 2 aromatic carbocycles. The number of nitrogens with one attached hydrogen (secondary N) is 1. The van der Waals surface area contributed by atoms with Crippen molar-refractivity contribution in [3.05, 3.63) is 81.9 Å². The van der Waals surface area contributed by atoms with Crippen LogP contribution in [0, 0.1) is 0 Å². The number of anilines is 1. The largest absolute Gasteiger partial charge is 0.493 e. The molecule has 0 aliphatic heterocycles. The molecular weight excluding hydrogens is 424 g/mol. The predicted octanol–water partition coefficient (Wildman–Crippen LogP) is 4.66. The molecule has 1 N–H and O–H groups in total. The van der Waals surface area contributed by atoms with Gasteiger partial charge in [-0.05, 0) is 49.6 Å². The second kappa shape index (κ2) is 8.84. The van der Waals surface area contributed by atoms with Crippen LogP contribution in [0.3, 0.4) is 0 Å². The zero-order chi connectivity index (χ0) is 21.9. The molecule has 1 aliphatic rings. The third-order valence-corrected chi connectivity index (χ3v) is 6.06. The van der Waals surface area contributed by atoms with E-state index in [-0.39, 0.29) is 5.91 Å². The molecule has 32 heavy (non-hydrogen) atoms. The first-order valence-corrected chi connectivity index (χ1v) is 11.3. The highest BCUT2D eigenvalue weighted by molar-refractivity contribution is 7.07. The summed E-state index contributed by atoms with van der Waals surface area (Å²) >= 11 is 1.52. The molecule has 2 heterocycles. The van der Waals surface area contributed by atoms with Crippen LogP contribution in [-0.4, -0.2) is 27.8 Å². The topological polar surface area (TPSA) is 78.3 Å². The summed E-state index contributed by atoms with van der Waals surface area (Å²) < 4.78 is 13.1. The summed E-state index contributed by atoms with van der Waals surface area (Å²) in [6.45, 7) is 0.341. The summed E-state index contributed by atoms with van der Waals surface area (Å²) in [7, 11) is 1.56. The second-order valence-electron chi connectivity index (χ2n) is 7.46. The van der Waals surface area contributed by atoms with Crippen LogP contribution in [0.4, 0.5) is 5.82 Å². The van der Waals surface area contributed by atoms with E-state index in [0.717, 1.165) is 47.7 Å².